The Kier molecular flexibility index (Phi) is 7.46. The van der Waals surface area contributed by atoms with Crippen molar-refractivity contribution >= 4 is 22.4 Å². The summed E-state index contributed by atoms with van der Waals surface area (Å²) in [4.78, 5) is 13.1. The molecule has 4 aliphatic carbocycles. The molecule has 0 spiro atoms. The van der Waals surface area contributed by atoms with E-state index in [0.29, 0.717) is 24.0 Å². The van der Waals surface area contributed by atoms with Crippen molar-refractivity contribution in [1.29, 1.82) is 0 Å². The van der Waals surface area contributed by atoms with E-state index < -0.39 is 16.6 Å². The van der Waals surface area contributed by atoms with Crippen molar-refractivity contribution in [2.75, 3.05) is 0 Å². The second kappa shape index (κ2) is 9.39. The minimum Gasteiger partial charge on any atom is -0.414 e. The fraction of sp³-hybridized carbons (Fsp3) is 0.788. The van der Waals surface area contributed by atoms with E-state index in [0.717, 1.165) is 31.3 Å². The van der Waals surface area contributed by atoms with Crippen LogP contribution < -0.4 is 0 Å². The number of fused-ring (bicyclic) bond motifs is 5. The zero-order valence-corrected chi connectivity index (χ0v) is 28.8. The van der Waals surface area contributed by atoms with E-state index in [4.69, 9.17) is 8.85 Å². The molecule has 0 aromatic rings. The summed E-state index contributed by atoms with van der Waals surface area (Å²) in [5.74, 6) is 1.12. The van der Waals surface area contributed by atoms with Crippen LogP contribution in [0.25, 0.3) is 0 Å². The van der Waals surface area contributed by atoms with E-state index >= 15 is 0 Å². The molecule has 4 aliphatic rings. The van der Waals surface area contributed by atoms with Crippen molar-refractivity contribution in [2.24, 2.45) is 22.7 Å². The smallest absolute Gasteiger partial charge is 0.192 e. The van der Waals surface area contributed by atoms with Crippen LogP contribution in [0.3, 0.4) is 0 Å². The highest BCUT2D eigenvalue weighted by Gasteiger charge is 2.60. The Bertz CT molecular complexity index is 1070. The molecule has 0 aromatic heterocycles. The van der Waals surface area contributed by atoms with Gasteiger partial charge in [-0.2, -0.15) is 0 Å². The number of Topliss-reactive ketones (excluding diaryl/α,β-unsaturated/α-hetero) is 1. The Morgan fingerprint density at radius 3 is 2.03 bits per heavy atom. The summed E-state index contributed by atoms with van der Waals surface area (Å²) in [7, 11) is -3.93. The van der Waals surface area contributed by atoms with E-state index in [2.05, 4.69) is 99.8 Å². The second-order valence-corrected chi connectivity index (χ2v) is 25.9. The highest BCUT2D eigenvalue weighted by Crippen LogP contribution is 2.65. The number of ketones is 1. The molecule has 6 atom stereocenters. The van der Waals surface area contributed by atoms with Crippen LogP contribution in [-0.2, 0) is 13.6 Å². The lowest BCUT2D eigenvalue weighted by atomic mass is 9.50. The summed E-state index contributed by atoms with van der Waals surface area (Å²) in [6.07, 6.45) is 12.1. The van der Waals surface area contributed by atoms with Crippen molar-refractivity contribution in [3.05, 3.63) is 34.9 Å². The van der Waals surface area contributed by atoms with Crippen LogP contribution >= 0.6 is 0 Å². The Hall–Kier alpha value is -0.756. The molecular formula is C33H56O3Si2. The standard InChI is InChI=1S/C33H56O3Si2/c1-14-25-28(34)21-27-24-16-15-22-19-23(35-37(10,11)30(2,3)4)20-29(36-38(12,13)31(5,6)7)33(22,9)26(24)17-18-32(25,27)8/h14-16,23,26-27,29H,17-21H2,1-13H3/b25-14-/t23-,26+,27+,29?,32-,33+/m1/s1. The van der Waals surface area contributed by atoms with Crippen LogP contribution in [0.2, 0.25) is 36.3 Å². The molecule has 38 heavy (non-hydrogen) atoms. The summed E-state index contributed by atoms with van der Waals surface area (Å²) in [6, 6.07) is 0. The lowest BCUT2D eigenvalue weighted by Gasteiger charge is -2.59. The zero-order valence-electron chi connectivity index (χ0n) is 26.8. The number of allylic oxidation sites excluding steroid dienone is 5. The molecule has 1 unspecified atom stereocenters. The third-order valence-corrected chi connectivity index (χ3v) is 21.1. The number of rotatable bonds is 4. The topological polar surface area (TPSA) is 35.5 Å². The molecule has 0 aromatic carbocycles. The summed E-state index contributed by atoms with van der Waals surface area (Å²) in [5, 5.41) is 0.336. The van der Waals surface area contributed by atoms with Crippen molar-refractivity contribution in [3.8, 4) is 0 Å². The van der Waals surface area contributed by atoms with Gasteiger partial charge in [-0.15, -0.1) is 0 Å². The Balaban J connectivity index is 1.77. The van der Waals surface area contributed by atoms with Crippen molar-refractivity contribution in [1.82, 2.24) is 0 Å². The van der Waals surface area contributed by atoms with Gasteiger partial charge in [0.05, 0.1) is 12.2 Å². The predicted octanol–water partition coefficient (Wildman–Crippen LogP) is 9.39. The molecule has 0 N–H and O–H groups in total. The Labute approximate surface area is 236 Å². The largest absolute Gasteiger partial charge is 0.414 e. The van der Waals surface area contributed by atoms with Crippen LogP contribution in [0.5, 0.6) is 0 Å². The first-order valence-corrected chi connectivity index (χ1v) is 21.0. The van der Waals surface area contributed by atoms with Gasteiger partial charge in [0.1, 0.15) is 0 Å². The van der Waals surface area contributed by atoms with Crippen LogP contribution in [0.1, 0.15) is 94.4 Å². The zero-order chi connectivity index (χ0) is 28.7. The third-order valence-electron chi connectivity index (χ3n) is 12.1. The van der Waals surface area contributed by atoms with Crippen LogP contribution in [0, 0.1) is 22.7 Å². The van der Waals surface area contributed by atoms with Gasteiger partial charge >= 0.3 is 0 Å². The van der Waals surface area contributed by atoms with Gasteiger partial charge in [0.15, 0.2) is 22.4 Å². The highest BCUT2D eigenvalue weighted by molar-refractivity contribution is 6.74. The molecule has 0 amide bonds. The summed E-state index contributed by atoms with van der Waals surface area (Å²) in [5.41, 5.74) is 4.04. The molecule has 0 heterocycles. The van der Waals surface area contributed by atoms with E-state index in [9.17, 15) is 4.79 Å². The Morgan fingerprint density at radius 1 is 0.895 bits per heavy atom. The van der Waals surface area contributed by atoms with E-state index in [-0.39, 0.29) is 33.1 Å². The Morgan fingerprint density at radius 2 is 1.47 bits per heavy atom. The summed E-state index contributed by atoms with van der Waals surface area (Å²) >= 11 is 0. The molecule has 0 radical (unpaired) electrons. The van der Waals surface area contributed by atoms with Crippen molar-refractivity contribution in [3.63, 3.8) is 0 Å². The maximum absolute atomic E-state index is 13.1. The maximum atomic E-state index is 13.1. The molecule has 0 saturated heterocycles. The van der Waals surface area contributed by atoms with Gasteiger partial charge < -0.3 is 8.85 Å². The van der Waals surface area contributed by atoms with Crippen LogP contribution in [-0.4, -0.2) is 34.6 Å². The average molecular weight is 557 g/mol. The molecule has 0 aliphatic heterocycles. The maximum Gasteiger partial charge on any atom is 0.192 e. The fourth-order valence-electron chi connectivity index (χ4n) is 7.56. The summed E-state index contributed by atoms with van der Waals surface area (Å²) < 4.78 is 14.5. The van der Waals surface area contributed by atoms with Gasteiger partial charge in [-0.05, 0) is 86.3 Å². The minimum atomic E-state index is -2.02. The van der Waals surface area contributed by atoms with Crippen molar-refractivity contribution in [2.45, 2.75) is 143 Å². The molecule has 3 nitrogen and oxygen atoms in total. The molecule has 3 saturated carbocycles. The van der Waals surface area contributed by atoms with Gasteiger partial charge in [-0.1, -0.05) is 84.8 Å². The van der Waals surface area contributed by atoms with E-state index in [1.54, 1.807) is 0 Å². The van der Waals surface area contributed by atoms with Crippen LogP contribution in [0.15, 0.2) is 34.9 Å². The first kappa shape index (κ1) is 30.2. The van der Waals surface area contributed by atoms with Gasteiger partial charge in [-0.3, -0.25) is 4.79 Å². The summed E-state index contributed by atoms with van der Waals surface area (Å²) in [6.45, 7) is 30.6. The molecule has 3 fully saturated rings. The van der Waals surface area contributed by atoms with Gasteiger partial charge in [0.2, 0.25) is 0 Å². The lowest BCUT2D eigenvalue weighted by molar-refractivity contribution is -0.114. The molecule has 0 bridgehead atoms. The molecule has 214 valence electrons. The van der Waals surface area contributed by atoms with Gasteiger partial charge in [-0.25, -0.2) is 0 Å². The van der Waals surface area contributed by atoms with Gasteiger partial charge in [0.25, 0.3) is 0 Å². The highest BCUT2D eigenvalue weighted by atomic mass is 28.4. The predicted molar refractivity (Wildman–Crippen MR) is 165 cm³/mol. The first-order valence-electron chi connectivity index (χ1n) is 15.2. The number of carbonyl (C=O) groups is 1. The fourth-order valence-corrected chi connectivity index (χ4v) is 10.3. The number of hydrogen-bond acceptors (Lipinski definition) is 3. The van der Waals surface area contributed by atoms with Crippen molar-refractivity contribution < 1.29 is 13.6 Å². The quantitative estimate of drug-likeness (QED) is 0.255. The normalized spacial score (nSPS) is 37.4. The molecule has 4 rings (SSSR count). The first-order chi connectivity index (χ1) is 17.2. The SMILES string of the molecule is C/C=C1/C(=O)C[C@H]2C3=CC=C4C[C@@H](O[Si](C)(C)C(C)(C)C)CC(O[Si](C)(C)C(C)(C)C)[C@]4(C)[C@H]3CC[C@]12C. The third kappa shape index (κ3) is 4.65. The molecular weight excluding hydrogens is 501 g/mol. The van der Waals surface area contributed by atoms with E-state index in [1.807, 2.05) is 6.92 Å². The average Bonchev–Trinajstić information content (AvgIpc) is 3.02. The lowest BCUT2D eigenvalue weighted by Crippen LogP contribution is -2.58. The second-order valence-electron chi connectivity index (χ2n) is 16.3. The van der Waals surface area contributed by atoms with Gasteiger partial charge in [0, 0.05) is 17.3 Å². The number of carbonyl (C=O) groups excluding carboxylic acids is 1. The minimum absolute atomic E-state index is 0.0195. The van der Waals surface area contributed by atoms with Crippen LogP contribution in [0.4, 0.5) is 0 Å². The monoisotopic (exact) mass is 556 g/mol. The van der Waals surface area contributed by atoms with E-state index in [1.165, 1.54) is 11.1 Å². The number of hydrogen-bond donors (Lipinski definition) is 0. The molecule has 5 heteroatoms.